The van der Waals surface area contributed by atoms with Crippen LogP contribution < -0.4 is 11.2 Å². The second kappa shape index (κ2) is 3.10. The minimum Gasteiger partial charge on any atom is -0.398 e. The van der Waals surface area contributed by atoms with Gasteiger partial charge in [-0.15, -0.1) is 0 Å². The minimum atomic E-state index is -0.0116. The zero-order valence-corrected chi connectivity index (χ0v) is 8.53. The average Bonchev–Trinajstić information content (AvgIpc) is 2.29. The molecule has 0 amide bonds. The van der Waals surface area contributed by atoms with Gasteiger partial charge in [0.2, 0.25) is 0 Å². The molecule has 0 saturated carbocycles. The lowest BCUT2D eigenvalue weighted by molar-refractivity contribution is 1.48. The van der Waals surface area contributed by atoms with E-state index in [0.717, 1.165) is 11.0 Å². The van der Waals surface area contributed by atoms with E-state index in [1.165, 1.54) is 0 Å². The Balaban J connectivity index is 2.67. The Morgan fingerprint density at radius 2 is 1.69 bits per heavy atom. The minimum absolute atomic E-state index is 0.0116. The normalized spacial score (nSPS) is 11.0. The number of nitrogen functional groups attached to an aromatic ring is 1. The van der Waals surface area contributed by atoms with Crippen LogP contribution in [0.3, 0.4) is 0 Å². The fraction of sp³-hybridized carbons (Fsp3) is 0. The molecule has 78 valence electrons. The zero-order chi connectivity index (χ0) is 11.1. The van der Waals surface area contributed by atoms with Gasteiger partial charge in [-0.25, -0.2) is 0 Å². The molecule has 0 atom stereocenters. The van der Waals surface area contributed by atoms with E-state index in [1.807, 2.05) is 30.3 Å². The summed E-state index contributed by atoms with van der Waals surface area (Å²) in [5.41, 5.74) is 7.95. The zero-order valence-electron chi connectivity index (χ0n) is 8.53. The van der Waals surface area contributed by atoms with Gasteiger partial charge in [0.15, 0.2) is 5.43 Å². The maximum atomic E-state index is 12.2. The summed E-state index contributed by atoms with van der Waals surface area (Å²) >= 11 is 0. The van der Waals surface area contributed by atoms with Gasteiger partial charge in [0.05, 0.1) is 10.9 Å². The van der Waals surface area contributed by atoms with E-state index in [2.05, 4.69) is 4.98 Å². The van der Waals surface area contributed by atoms with Crippen molar-refractivity contribution in [3.63, 3.8) is 0 Å². The number of para-hydroxylation sites is 1. The number of hydrogen-bond donors (Lipinski definition) is 2. The summed E-state index contributed by atoms with van der Waals surface area (Å²) in [6, 6.07) is 12.9. The number of nitrogens with two attached hydrogens (primary N) is 1. The van der Waals surface area contributed by atoms with E-state index >= 15 is 0 Å². The van der Waals surface area contributed by atoms with Gasteiger partial charge >= 0.3 is 0 Å². The predicted octanol–water partition coefficient (Wildman–Crippen LogP) is 2.26. The van der Waals surface area contributed by atoms with Crippen LogP contribution in [-0.2, 0) is 0 Å². The lowest BCUT2D eigenvalue weighted by Crippen LogP contribution is -2.06. The van der Waals surface area contributed by atoms with Crippen LogP contribution in [0.25, 0.3) is 21.8 Å². The number of pyridine rings is 1. The van der Waals surface area contributed by atoms with Crippen molar-refractivity contribution in [1.29, 1.82) is 0 Å². The Hall–Kier alpha value is -2.29. The highest BCUT2D eigenvalue weighted by Gasteiger charge is 2.06. The van der Waals surface area contributed by atoms with Crippen molar-refractivity contribution in [2.24, 2.45) is 0 Å². The van der Waals surface area contributed by atoms with Crippen molar-refractivity contribution in [3.05, 3.63) is 52.7 Å². The molecular formula is C13H10N2O. The topological polar surface area (TPSA) is 58.9 Å². The van der Waals surface area contributed by atoms with Crippen LogP contribution in [0.15, 0.2) is 47.3 Å². The highest BCUT2D eigenvalue weighted by molar-refractivity contribution is 5.98. The van der Waals surface area contributed by atoms with Crippen molar-refractivity contribution in [3.8, 4) is 0 Å². The summed E-state index contributed by atoms with van der Waals surface area (Å²) in [5, 5.41) is 1.24. The van der Waals surface area contributed by atoms with Crippen LogP contribution in [0.5, 0.6) is 0 Å². The van der Waals surface area contributed by atoms with Crippen molar-refractivity contribution < 1.29 is 0 Å². The van der Waals surface area contributed by atoms with Gasteiger partial charge in [0.1, 0.15) is 0 Å². The quantitative estimate of drug-likeness (QED) is 0.441. The number of anilines is 1. The molecule has 3 heteroatoms. The van der Waals surface area contributed by atoms with Crippen molar-refractivity contribution in [2.45, 2.75) is 0 Å². The predicted molar refractivity (Wildman–Crippen MR) is 66.5 cm³/mol. The smallest absolute Gasteiger partial charge is 0.199 e. The van der Waals surface area contributed by atoms with Gasteiger partial charge in [-0.3, -0.25) is 4.79 Å². The highest BCUT2D eigenvalue weighted by atomic mass is 16.1. The summed E-state index contributed by atoms with van der Waals surface area (Å²) in [6.45, 7) is 0. The third-order valence-corrected chi connectivity index (χ3v) is 2.76. The molecular weight excluding hydrogens is 200 g/mol. The second-order valence-electron chi connectivity index (χ2n) is 3.77. The first-order valence-corrected chi connectivity index (χ1v) is 5.06. The molecule has 0 fully saturated rings. The Kier molecular flexibility index (Phi) is 1.74. The third-order valence-electron chi connectivity index (χ3n) is 2.76. The summed E-state index contributed by atoms with van der Waals surface area (Å²) in [6.07, 6.45) is 0. The van der Waals surface area contributed by atoms with Gasteiger partial charge in [-0.2, -0.15) is 0 Å². The number of hydrogen-bond acceptors (Lipinski definition) is 2. The lowest BCUT2D eigenvalue weighted by atomic mass is 10.1. The molecule has 3 N–H and O–H groups in total. The molecule has 0 aliphatic carbocycles. The lowest BCUT2D eigenvalue weighted by Gasteiger charge is -2.04. The molecule has 2 aromatic carbocycles. The van der Waals surface area contributed by atoms with Gasteiger partial charge in [0, 0.05) is 16.6 Å². The summed E-state index contributed by atoms with van der Waals surface area (Å²) in [7, 11) is 0. The number of benzene rings is 2. The second-order valence-corrected chi connectivity index (χ2v) is 3.77. The molecule has 0 unspecified atom stereocenters. The standard InChI is InChI=1S/C13H10N2O/c14-9-5-3-7-11-12(9)13(16)8-4-1-2-6-10(8)15-11/h1-7H,14H2,(H,15,16). The van der Waals surface area contributed by atoms with E-state index < -0.39 is 0 Å². The SMILES string of the molecule is Nc1cccc2[nH]c3ccccc3c(=O)c12. The average molecular weight is 210 g/mol. The first-order chi connectivity index (χ1) is 7.77. The molecule has 1 heterocycles. The third kappa shape index (κ3) is 1.11. The van der Waals surface area contributed by atoms with Crippen LogP contribution in [0.4, 0.5) is 5.69 Å². The number of rotatable bonds is 0. The Bertz CT molecular complexity index is 744. The molecule has 16 heavy (non-hydrogen) atoms. The maximum absolute atomic E-state index is 12.2. The first-order valence-electron chi connectivity index (χ1n) is 5.06. The number of H-pyrrole nitrogens is 1. The van der Waals surface area contributed by atoms with Crippen molar-refractivity contribution in [2.75, 3.05) is 5.73 Å². The Morgan fingerprint density at radius 3 is 2.56 bits per heavy atom. The molecule has 3 aromatic rings. The summed E-state index contributed by atoms with van der Waals surface area (Å²) in [5.74, 6) is 0. The van der Waals surface area contributed by atoms with E-state index in [9.17, 15) is 4.79 Å². The fourth-order valence-electron chi connectivity index (χ4n) is 2.00. The maximum Gasteiger partial charge on any atom is 0.199 e. The largest absolute Gasteiger partial charge is 0.398 e. The molecule has 0 aliphatic heterocycles. The van der Waals surface area contributed by atoms with Crippen LogP contribution in [0.2, 0.25) is 0 Å². The molecule has 3 nitrogen and oxygen atoms in total. The molecule has 0 saturated heterocycles. The van der Waals surface area contributed by atoms with Gasteiger partial charge in [0.25, 0.3) is 0 Å². The van der Waals surface area contributed by atoms with E-state index in [4.69, 9.17) is 5.73 Å². The summed E-state index contributed by atoms with van der Waals surface area (Å²) < 4.78 is 0. The molecule has 3 rings (SSSR count). The molecule has 0 bridgehead atoms. The van der Waals surface area contributed by atoms with E-state index in [-0.39, 0.29) is 5.43 Å². The van der Waals surface area contributed by atoms with Crippen molar-refractivity contribution >= 4 is 27.5 Å². The van der Waals surface area contributed by atoms with Crippen molar-refractivity contribution in [1.82, 2.24) is 4.98 Å². The first kappa shape index (κ1) is 8.97. The monoisotopic (exact) mass is 210 g/mol. The molecule has 0 spiro atoms. The van der Waals surface area contributed by atoms with Crippen LogP contribution in [0.1, 0.15) is 0 Å². The van der Waals surface area contributed by atoms with E-state index in [0.29, 0.717) is 16.5 Å². The van der Waals surface area contributed by atoms with Crippen LogP contribution in [-0.4, -0.2) is 4.98 Å². The van der Waals surface area contributed by atoms with Crippen LogP contribution >= 0.6 is 0 Å². The van der Waals surface area contributed by atoms with Gasteiger partial charge < -0.3 is 10.7 Å². The number of nitrogens with one attached hydrogen (secondary N) is 1. The Morgan fingerprint density at radius 1 is 0.938 bits per heavy atom. The van der Waals surface area contributed by atoms with Gasteiger partial charge in [-0.1, -0.05) is 18.2 Å². The van der Waals surface area contributed by atoms with E-state index in [1.54, 1.807) is 12.1 Å². The number of aromatic amines is 1. The molecule has 0 radical (unpaired) electrons. The summed E-state index contributed by atoms with van der Waals surface area (Å²) in [4.78, 5) is 15.4. The van der Waals surface area contributed by atoms with Gasteiger partial charge in [-0.05, 0) is 24.3 Å². The Labute approximate surface area is 91.5 Å². The fourth-order valence-corrected chi connectivity index (χ4v) is 2.00. The molecule has 0 aliphatic rings. The molecule has 1 aromatic heterocycles. The number of aromatic nitrogens is 1. The highest BCUT2D eigenvalue weighted by Crippen LogP contribution is 2.18. The number of fused-ring (bicyclic) bond motifs is 2. The van der Waals surface area contributed by atoms with Crippen LogP contribution in [0, 0.1) is 0 Å².